The molecule has 0 bridgehead atoms. The number of rotatable bonds is 4. The molecular formula is C9H21N3O2S. The minimum Gasteiger partial charge on any atom is -0.309 e. The standard InChI is InChI=1S/C9H21N3O2S/c1-4-5-11-15(13,14)12-7-6-10-9(2,3)8-12/h10-11H,4-8H2,1-3H3. The topological polar surface area (TPSA) is 61.4 Å². The van der Waals surface area contributed by atoms with Crippen LogP contribution >= 0.6 is 0 Å². The fraction of sp³-hybridized carbons (Fsp3) is 1.00. The van der Waals surface area contributed by atoms with Gasteiger partial charge in [0.25, 0.3) is 10.2 Å². The van der Waals surface area contributed by atoms with Crippen molar-refractivity contribution in [3.63, 3.8) is 0 Å². The highest BCUT2D eigenvalue weighted by molar-refractivity contribution is 7.87. The molecule has 0 aliphatic carbocycles. The molecule has 0 aromatic rings. The van der Waals surface area contributed by atoms with Gasteiger partial charge in [0.2, 0.25) is 0 Å². The first-order chi connectivity index (χ1) is 6.87. The Morgan fingerprint density at radius 3 is 2.67 bits per heavy atom. The van der Waals surface area contributed by atoms with E-state index in [9.17, 15) is 8.42 Å². The van der Waals surface area contributed by atoms with Crippen LogP contribution in [0.25, 0.3) is 0 Å². The zero-order valence-corrected chi connectivity index (χ0v) is 10.5. The Bertz CT molecular complexity index is 300. The van der Waals surface area contributed by atoms with Crippen molar-refractivity contribution in [2.75, 3.05) is 26.2 Å². The largest absolute Gasteiger partial charge is 0.309 e. The molecule has 0 aromatic heterocycles. The maximum atomic E-state index is 11.8. The quantitative estimate of drug-likeness (QED) is 0.716. The van der Waals surface area contributed by atoms with Gasteiger partial charge in [0.05, 0.1) is 0 Å². The average Bonchev–Trinajstić information content (AvgIpc) is 2.13. The van der Waals surface area contributed by atoms with Gasteiger partial charge in [-0.15, -0.1) is 0 Å². The molecule has 1 aliphatic heterocycles. The van der Waals surface area contributed by atoms with Crippen LogP contribution in [0, 0.1) is 0 Å². The lowest BCUT2D eigenvalue weighted by Crippen LogP contribution is -2.60. The van der Waals surface area contributed by atoms with Crippen LogP contribution in [0.2, 0.25) is 0 Å². The van der Waals surface area contributed by atoms with Gasteiger partial charge < -0.3 is 5.32 Å². The summed E-state index contributed by atoms with van der Waals surface area (Å²) in [6, 6.07) is 0. The van der Waals surface area contributed by atoms with Crippen LogP contribution in [0.5, 0.6) is 0 Å². The summed E-state index contributed by atoms with van der Waals surface area (Å²) in [6.45, 7) is 8.24. The van der Waals surface area contributed by atoms with E-state index in [1.165, 1.54) is 4.31 Å². The molecule has 1 rings (SSSR count). The molecule has 0 atom stereocenters. The van der Waals surface area contributed by atoms with Gasteiger partial charge in [0.1, 0.15) is 0 Å². The van der Waals surface area contributed by atoms with Crippen LogP contribution in [-0.2, 0) is 10.2 Å². The summed E-state index contributed by atoms with van der Waals surface area (Å²) in [5, 5.41) is 3.28. The molecule has 0 radical (unpaired) electrons. The third-order valence-corrected chi connectivity index (χ3v) is 3.97. The van der Waals surface area contributed by atoms with Gasteiger partial charge in [-0.2, -0.15) is 12.7 Å². The molecule has 5 nitrogen and oxygen atoms in total. The highest BCUT2D eigenvalue weighted by Gasteiger charge is 2.32. The second-order valence-corrected chi connectivity index (χ2v) is 6.30. The maximum absolute atomic E-state index is 11.8. The summed E-state index contributed by atoms with van der Waals surface area (Å²) in [4.78, 5) is 0. The molecule has 1 aliphatic rings. The van der Waals surface area contributed by atoms with Gasteiger partial charge in [-0.3, -0.25) is 0 Å². The van der Waals surface area contributed by atoms with E-state index >= 15 is 0 Å². The SMILES string of the molecule is CCCNS(=O)(=O)N1CCNC(C)(C)C1. The first-order valence-electron chi connectivity index (χ1n) is 5.37. The molecule has 0 saturated carbocycles. The lowest BCUT2D eigenvalue weighted by molar-refractivity contribution is 0.231. The van der Waals surface area contributed by atoms with Crippen LogP contribution in [0.1, 0.15) is 27.2 Å². The van der Waals surface area contributed by atoms with E-state index in [0.717, 1.165) is 6.42 Å². The van der Waals surface area contributed by atoms with E-state index in [2.05, 4.69) is 10.0 Å². The Labute approximate surface area is 92.4 Å². The summed E-state index contributed by atoms with van der Waals surface area (Å²) < 4.78 is 27.7. The monoisotopic (exact) mass is 235 g/mol. The van der Waals surface area contributed by atoms with Gasteiger partial charge >= 0.3 is 0 Å². The number of nitrogens with zero attached hydrogens (tertiary/aromatic N) is 1. The van der Waals surface area contributed by atoms with E-state index < -0.39 is 10.2 Å². The van der Waals surface area contributed by atoms with Crippen molar-refractivity contribution in [1.29, 1.82) is 0 Å². The average molecular weight is 235 g/mol. The highest BCUT2D eigenvalue weighted by atomic mass is 32.2. The van der Waals surface area contributed by atoms with E-state index in [4.69, 9.17) is 0 Å². The number of nitrogens with one attached hydrogen (secondary N) is 2. The van der Waals surface area contributed by atoms with Gasteiger partial charge in [-0.25, -0.2) is 4.72 Å². The van der Waals surface area contributed by atoms with Gasteiger partial charge in [0, 0.05) is 31.7 Å². The Balaban J connectivity index is 2.63. The Hall–Kier alpha value is -0.170. The number of hydrogen-bond acceptors (Lipinski definition) is 3. The van der Waals surface area contributed by atoms with E-state index in [-0.39, 0.29) is 5.54 Å². The normalized spacial score (nSPS) is 22.9. The molecule has 1 heterocycles. The lowest BCUT2D eigenvalue weighted by atomic mass is 10.0. The smallest absolute Gasteiger partial charge is 0.279 e. The molecule has 1 saturated heterocycles. The van der Waals surface area contributed by atoms with E-state index in [1.54, 1.807) is 0 Å². The molecule has 0 aromatic carbocycles. The van der Waals surface area contributed by atoms with E-state index in [0.29, 0.717) is 26.2 Å². The Morgan fingerprint density at radius 1 is 1.47 bits per heavy atom. The zero-order chi connectivity index (χ0) is 11.5. The number of hydrogen-bond donors (Lipinski definition) is 2. The van der Waals surface area contributed by atoms with Crippen molar-refractivity contribution in [2.24, 2.45) is 0 Å². The first-order valence-corrected chi connectivity index (χ1v) is 6.81. The van der Waals surface area contributed by atoms with Gasteiger partial charge in [-0.1, -0.05) is 6.92 Å². The first kappa shape index (κ1) is 12.9. The minimum absolute atomic E-state index is 0.140. The maximum Gasteiger partial charge on any atom is 0.279 e. The molecule has 90 valence electrons. The lowest BCUT2D eigenvalue weighted by Gasteiger charge is -2.38. The molecule has 2 N–H and O–H groups in total. The van der Waals surface area contributed by atoms with Crippen molar-refractivity contribution in [3.05, 3.63) is 0 Å². The molecule has 0 spiro atoms. The molecule has 1 fully saturated rings. The van der Waals surface area contributed by atoms with Crippen LogP contribution in [0.3, 0.4) is 0 Å². The highest BCUT2D eigenvalue weighted by Crippen LogP contribution is 2.12. The van der Waals surface area contributed by atoms with E-state index in [1.807, 2.05) is 20.8 Å². The number of piperazine rings is 1. The van der Waals surface area contributed by atoms with Gasteiger partial charge in [-0.05, 0) is 20.3 Å². The van der Waals surface area contributed by atoms with Crippen molar-refractivity contribution in [1.82, 2.24) is 14.3 Å². The van der Waals surface area contributed by atoms with Crippen molar-refractivity contribution >= 4 is 10.2 Å². The van der Waals surface area contributed by atoms with Crippen molar-refractivity contribution < 1.29 is 8.42 Å². The molecule has 0 unspecified atom stereocenters. The summed E-state index contributed by atoms with van der Waals surface area (Å²) in [6.07, 6.45) is 0.814. The van der Waals surface area contributed by atoms with Crippen LogP contribution < -0.4 is 10.0 Å². The molecule has 0 amide bonds. The third-order valence-electron chi connectivity index (χ3n) is 2.41. The zero-order valence-electron chi connectivity index (χ0n) is 9.71. The van der Waals surface area contributed by atoms with Crippen LogP contribution in [-0.4, -0.2) is 44.4 Å². The van der Waals surface area contributed by atoms with Crippen molar-refractivity contribution in [3.8, 4) is 0 Å². The van der Waals surface area contributed by atoms with Crippen molar-refractivity contribution in [2.45, 2.75) is 32.7 Å². The Kier molecular flexibility index (Phi) is 4.11. The van der Waals surface area contributed by atoms with Gasteiger partial charge in [0.15, 0.2) is 0 Å². The fourth-order valence-corrected chi connectivity index (χ4v) is 3.09. The second-order valence-electron chi connectivity index (χ2n) is 4.54. The van der Waals surface area contributed by atoms with Crippen LogP contribution in [0.4, 0.5) is 0 Å². The predicted octanol–water partition coefficient (Wildman–Crippen LogP) is -0.0854. The second kappa shape index (κ2) is 4.78. The third kappa shape index (κ3) is 3.71. The Morgan fingerprint density at radius 2 is 2.13 bits per heavy atom. The summed E-state index contributed by atoms with van der Waals surface area (Å²) in [7, 11) is -3.27. The molecular weight excluding hydrogens is 214 g/mol. The summed E-state index contributed by atoms with van der Waals surface area (Å²) in [5.41, 5.74) is -0.140. The molecule has 15 heavy (non-hydrogen) atoms. The summed E-state index contributed by atoms with van der Waals surface area (Å²) >= 11 is 0. The predicted molar refractivity (Wildman–Crippen MR) is 60.9 cm³/mol. The van der Waals surface area contributed by atoms with Crippen LogP contribution in [0.15, 0.2) is 0 Å². The molecule has 6 heteroatoms. The fourth-order valence-electron chi connectivity index (χ4n) is 1.62. The summed E-state index contributed by atoms with van der Waals surface area (Å²) in [5.74, 6) is 0. The minimum atomic E-state index is -3.27.